The topological polar surface area (TPSA) is 59.6 Å². The first-order valence-corrected chi connectivity index (χ1v) is 9.77. The number of hydrogen-bond donors (Lipinski definition) is 2. The highest BCUT2D eigenvalue weighted by atomic mass is 35.5. The van der Waals surface area contributed by atoms with Crippen LogP contribution in [0.5, 0.6) is 5.75 Å². The second kappa shape index (κ2) is 10.2. The van der Waals surface area contributed by atoms with Gasteiger partial charge in [-0.25, -0.2) is 0 Å². The summed E-state index contributed by atoms with van der Waals surface area (Å²) in [7, 11) is 0. The third kappa shape index (κ3) is 6.64. The zero-order valence-corrected chi connectivity index (χ0v) is 16.8. The summed E-state index contributed by atoms with van der Waals surface area (Å²) in [4.78, 5) is 12.0. The highest BCUT2D eigenvalue weighted by Gasteiger charge is 2.15. The maximum atomic E-state index is 12.0. The van der Waals surface area contributed by atoms with E-state index >= 15 is 0 Å². The van der Waals surface area contributed by atoms with Crippen LogP contribution in [0.2, 0.25) is 5.02 Å². The molecule has 1 fully saturated rings. The van der Waals surface area contributed by atoms with Crippen molar-refractivity contribution in [3.05, 3.63) is 65.2 Å². The summed E-state index contributed by atoms with van der Waals surface area (Å²) in [5.74, 6) is 0.450. The molecule has 0 saturated carbocycles. The van der Waals surface area contributed by atoms with E-state index in [9.17, 15) is 4.79 Å². The van der Waals surface area contributed by atoms with Crippen LogP contribution in [0.25, 0.3) is 6.08 Å². The van der Waals surface area contributed by atoms with E-state index in [4.69, 9.17) is 33.3 Å². The third-order valence-electron chi connectivity index (χ3n) is 4.11. The monoisotopic (exact) mass is 416 g/mol. The largest absolute Gasteiger partial charge is 0.491 e. The van der Waals surface area contributed by atoms with Crippen molar-refractivity contribution in [2.45, 2.75) is 18.9 Å². The average molecular weight is 417 g/mol. The number of hydrogen-bond acceptors (Lipinski definition) is 4. The number of anilines is 1. The molecule has 1 amide bonds. The molecule has 0 bridgehead atoms. The number of amides is 1. The van der Waals surface area contributed by atoms with E-state index in [2.05, 4.69) is 10.6 Å². The van der Waals surface area contributed by atoms with E-state index in [0.29, 0.717) is 11.6 Å². The highest BCUT2D eigenvalue weighted by molar-refractivity contribution is 7.80. The lowest BCUT2D eigenvalue weighted by Crippen LogP contribution is -2.32. The molecule has 1 aliphatic heterocycles. The lowest BCUT2D eigenvalue weighted by Gasteiger charge is -2.12. The molecule has 1 heterocycles. The Labute approximate surface area is 174 Å². The number of carbonyl (C=O) groups is 1. The van der Waals surface area contributed by atoms with Crippen LogP contribution in [0.15, 0.2) is 54.6 Å². The molecule has 5 nitrogen and oxygen atoms in total. The Balaban J connectivity index is 1.43. The SMILES string of the molecule is O=C(/C=C/c1ccc(Cl)cc1)NC(=S)Nc1ccc(OCC2CCCO2)cc1. The molecule has 0 aliphatic carbocycles. The van der Waals surface area contributed by atoms with Gasteiger partial charge in [0, 0.05) is 23.4 Å². The number of rotatable bonds is 6. The minimum Gasteiger partial charge on any atom is -0.491 e. The van der Waals surface area contributed by atoms with Gasteiger partial charge in [0.15, 0.2) is 5.11 Å². The van der Waals surface area contributed by atoms with Crippen molar-refractivity contribution in [1.29, 1.82) is 0 Å². The zero-order chi connectivity index (χ0) is 19.8. The molecule has 1 saturated heterocycles. The molecule has 1 aliphatic rings. The van der Waals surface area contributed by atoms with E-state index in [1.165, 1.54) is 6.08 Å². The van der Waals surface area contributed by atoms with Gasteiger partial charge in [0.05, 0.1) is 6.10 Å². The summed E-state index contributed by atoms with van der Waals surface area (Å²) >= 11 is 11.0. The second-order valence-corrected chi connectivity index (χ2v) is 7.14. The Morgan fingerprint density at radius 2 is 1.96 bits per heavy atom. The summed E-state index contributed by atoms with van der Waals surface area (Å²) in [6, 6.07) is 14.6. The van der Waals surface area contributed by atoms with Gasteiger partial charge in [0.25, 0.3) is 0 Å². The van der Waals surface area contributed by atoms with Gasteiger partial charge in [0.2, 0.25) is 5.91 Å². The molecule has 2 aromatic carbocycles. The van der Waals surface area contributed by atoms with Gasteiger partial charge in [-0.3, -0.25) is 10.1 Å². The van der Waals surface area contributed by atoms with Crippen LogP contribution in [-0.4, -0.2) is 30.3 Å². The van der Waals surface area contributed by atoms with Crippen molar-refractivity contribution in [3.63, 3.8) is 0 Å². The summed E-state index contributed by atoms with van der Waals surface area (Å²) in [5.41, 5.74) is 1.63. The van der Waals surface area contributed by atoms with E-state index in [1.54, 1.807) is 18.2 Å². The molecule has 2 N–H and O–H groups in total. The van der Waals surface area contributed by atoms with Crippen molar-refractivity contribution < 1.29 is 14.3 Å². The third-order valence-corrected chi connectivity index (χ3v) is 4.56. The highest BCUT2D eigenvalue weighted by Crippen LogP contribution is 2.18. The molecule has 1 atom stereocenters. The number of carbonyl (C=O) groups excluding carboxylic acids is 1. The molecular formula is C21H21ClN2O3S. The maximum Gasteiger partial charge on any atom is 0.250 e. The van der Waals surface area contributed by atoms with Crippen LogP contribution in [0.4, 0.5) is 5.69 Å². The Morgan fingerprint density at radius 1 is 1.21 bits per heavy atom. The standard InChI is InChI=1S/C21H21ClN2O3S/c22-16-6-3-15(4-7-16)5-12-20(25)24-21(28)23-17-8-10-18(11-9-17)27-14-19-2-1-13-26-19/h3-12,19H,1-2,13-14H2,(H2,23,24,25,28)/b12-5+. The van der Waals surface area contributed by atoms with Gasteiger partial charge in [-0.2, -0.15) is 0 Å². The predicted octanol–water partition coefficient (Wildman–Crippen LogP) is 4.42. The molecule has 7 heteroatoms. The van der Waals surface area contributed by atoms with Crippen LogP contribution in [0.1, 0.15) is 18.4 Å². The summed E-state index contributed by atoms with van der Waals surface area (Å²) in [6.07, 6.45) is 5.42. The molecule has 146 valence electrons. The molecule has 2 aromatic rings. The van der Waals surface area contributed by atoms with Crippen molar-refractivity contribution in [3.8, 4) is 5.75 Å². The molecule has 1 unspecified atom stereocenters. The van der Waals surface area contributed by atoms with Crippen molar-refractivity contribution in [2.24, 2.45) is 0 Å². The number of benzene rings is 2. The Kier molecular flexibility index (Phi) is 7.42. The molecule has 3 rings (SSSR count). The summed E-state index contributed by atoms with van der Waals surface area (Å²) in [5, 5.41) is 6.45. The van der Waals surface area contributed by atoms with E-state index in [0.717, 1.165) is 36.4 Å². The van der Waals surface area contributed by atoms with Crippen molar-refractivity contribution in [1.82, 2.24) is 5.32 Å². The van der Waals surface area contributed by atoms with Gasteiger partial charge in [0.1, 0.15) is 12.4 Å². The predicted molar refractivity (Wildman–Crippen MR) is 116 cm³/mol. The Bertz CT molecular complexity index is 832. The second-order valence-electron chi connectivity index (χ2n) is 6.30. The van der Waals surface area contributed by atoms with Gasteiger partial charge < -0.3 is 14.8 Å². The maximum absolute atomic E-state index is 12.0. The van der Waals surface area contributed by atoms with Crippen LogP contribution in [-0.2, 0) is 9.53 Å². The fourth-order valence-electron chi connectivity index (χ4n) is 2.66. The minimum atomic E-state index is -0.316. The first kappa shape index (κ1) is 20.3. The van der Waals surface area contributed by atoms with E-state index in [1.807, 2.05) is 36.4 Å². The quantitative estimate of drug-likeness (QED) is 0.539. The van der Waals surface area contributed by atoms with Crippen molar-refractivity contribution >= 4 is 46.6 Å². The smallest absolute Gasteiger partial charge is 0.250 e. The van der Waals surface area contributed by atoms with Gasteiger partial charge in [-0.15, -0.1) is 0 Å². The lowest BCUT2D eigenvalue weighted by molar-refractivity contribution is -0.115. The molecular weight excluding hydrogens is 396 g/mol. The first-order chi connectivity index (χ1) is 13.6. The first-order valence-electron chi connectivity index (χ1n) is 8.98. The normalized spacial score (nSPS) is 16.1. The molecule has 28 heavy (non-hydrogen) atoms. The molecule has 0 radical (unpaired) electrons. The number of halogens is 1. The Hall–Kier alpha value is -2.41. The lowest BCUT2D eigenvalue weighted by atomic mass is 10.2. The van der Waals surface area contributed by atoms with E-state index in [-0.39, 0.29) is 17.1 Å². The number of ether oxygens (including phenoxy) is 2. The van der Waals surface area contributed by atoms with Crippen LogP contribution in [0, 0.1) is 0 Å². The van der Waals surface area contributed by atoms with Crippen molar-refractivity contribution in [2.75, 3.05) is 18.5 Å². The fourth-order valence-corrected chi connectivity index (χ4v) is 3.01. The van der Waals surface area contributed by atoms with Crippen LogP contribution in [0.3, 0.4) is 0 Å². The van der Waals surface area contributed by atoms with Gasteiger partial charge >= 0.3 is 0 Å². The summed E-state index contributed by atoms with van der Waals surface area (Å²) < 4.78 is 11.3. The van der Waals surface area contributed by atoms with Gasteiger partial charge in [-0.1, -0.05) is 23.7 Å². The van der Waals surface area contributed by atoms with Gasteiger partial charge in [-0.05, 0) is 73.1 Å². The molecule has 0 spiro atoms. The number of thiocarbonyl (C=S) groups is 1. The Morgan fingerprint density at radius 3 is 2.64 bits per heavy atom. The summed E-state index contributed by atoms with van der Waals surface area (Å²) in [6.45, 7) is 1.37. The minimum absolute atomic E-state index is 0.182. The van der Waals surface area contributed by atoms with Crippen LogP contribution < -0.4 is 15.4 Å². The van der Waals surface area contributed by atoms with Crippen LogP contribution >= 0.6 is 23.8 Å². The zero-order valence-electron chi connectivity index (χ0n) is 15.2. The number of nitrogens with one attached hydrogen (secondary N) is 2. The fraction of sp³-hybridized carbons (Fsp3) is 0.238. The molecule has 0 aromatic heterocycles. The van der Waals surface area contributed by atoms with E-state index < -0.39 is 0 Å². The average Bonchev–Trinajstić information content (AvgIpc) is 3.20.